The predicted octanol–water partition coefficient (Wildman–Crippen LogP) is 5.11. The Bertz CT molecular complexity index is 1510. The van der Waals surface area contributed by atoms with Gasteiger partial charge in [0.25, 0.3) is 5.91 Å². The summed E-state index contributed by atoms with van der Waals surface area (Å²) in [7, 11) is 1.59. The Morgan fingerprint density at radius 3 is 2.50 bits per heavy atom. The molecule has 2 aliphatic rings. The molecule has 5 rings (SSSR count). The Kier molecular flexibility index (Phi) is 7.63. The maximum Gasteiger partial charge on any atom is 0.255 e. The molecule has 9 heteroatoms. The molecule has 0 fully saturated rings. The van der Waals surface area contributed by atoms with Gasteiger partial charge in [0.2, 0.25) is 5.91 Å². The Labute approximate surface area is 233 Å². The number of amidine groups is 1. The first-order valence-electron chi connectivity index (χ1n) is 13.1. The number of hydrogen-bond acceptors (Lipinski definition) is 7. The van der Waals surface area contributed by atoms with Crippen molar-refractivity contribution >= 4 is 35.4 Å². The fraction of sp³-hybridized carbons (Fsp3) is 0.226. The third-order valence-electron chi connectivity index (χ3n) is 7.19. The van der Waals surface area contributed by atoms with E-state index in [0.717, 1.165) is 28.1 Å². The molecule has 0 aromatic heterocycles. The molecule has 0 bridgehead atoms. The number of carbonyl (C=O) groups is 2. The van der Waals surface area contributed by atoms with E-state index in [1.54, 1.807) is 31.4 Å². The van der Waals surface area contributed by atoms with Gasteiger partial charge in [0.05, 0.1) is 25.6 Å². The molecule has 2 atom stereocenters. The summed E-state index contributed by atoms with van der Waals surface area (Å²) in [6.07, 6.45) is 1.48. The molecule has 40 heavy (non-hydrogen) atoms. The number of nitrogens with one attached hydrogen (secondary N) is 3. The number of anilines is 2. The van der Waals surface area contributed by atoms with Gasteiger partial charge in [-0.05, 0) is 73.9 Å². The molecule has 3 aromatic carbocycles. The largest absolute Gasteiger partial charge is 0.497 e. The van der Waals surface area contributed by atoms with E-state index in [4.69, 9.17) is 4.74 Å². The van der Waals surface area contributed by atoms with Gasteiger partial charge >= 0.3 is 0 Å². The van der Waals surface area contributed by atoms with Gasteiger partial charge in [0.1, 0.15) is 17.8 Å². The van der Waals surface area contributed by atoms with Gasteiger partial charge in [0, 0.05) is 16.9 Å². The van der Waals surface area contributed by atoms with Crippen molar-refractivity contribution in [2.75, 3.05) is 24.3 Å². The SMILES string of the molecule is COc1ccc(C(=O)Nc2ccc(C)c(NC3=NC=NN4CC(C(=O)N[C@@H](C)c5ccccc5)C(C)=C34)c2)cc1. The summed E-state index contributed by atoms with van der Waals surface area (Å²) in [5.41, 5.74) is 5.64. The summed E-state index contributed by atoms with van der Waals surface area (Å²) >= 11 is 0. The highest BCUT2D eigenvalue weighted by molar-refractivity contribution is 6.13. The molecule has 2 aliphatic heterocycles. The van der Waals surface area contributed by atoms with Crippen LogP contribution in [0.25, 0.3) is 0 Å². The minimum absolute atomic E-state index is 0.0512. The Morgan fingerprint density at radius 1 is 1.02 bits per heavy atom. The smallest absolute Gasteiger partial charge is 0.255 e. The third kappa shape index (κ3) is 5.58. The number of hydrogen-bond donors (Lipinski definition) is 3. The maximum absolute atomic E-state index is 13.3. The molecule has 0 aliphatic carbocycles. The van der Waals surface area contributed by atoms with E-state index in [2.05, 4.69) is 26.0 Å². The van der Waals surface area contributed by atoms with Crippen molar-refractivity contribution in [1.82, 2.24) is 10.3 Å². The molecule has 3 aromatic rings. The fourth-order valence-corrected chi connectivity index (χ4v) is 4.81. The predicted molar refractivity (Wildman–Crippen MR) is 158 cm³/mol. The number of benzene rings is 3. The zero-order valence-electron chi connectivity index (χ0n) is 22.9. The van der Waals surface area contributed by atoms with Crippen molar-refractivity contribution in [2.24, 2.45) is 16.0 Å². The van der Waals surface area contributed by atoms with Crippen molar-refractivity contribution in [3.63, 3.8) is 0 Å². The quantitative estimate of drug-likeness (QED) is 0.389. The van der Waals surface area contributed by atoms with E-state index in [0.29, 0.717) is 29.4 Å². The Morgan fingerprint density at radius 2 is 1.77 bits per heavy atom. The number of aryl methyl sites for hydroxylation is 1. The molecule has 0 radical (unpaired) electrons. The second-order valence-corrected chi connectivity index (χ2v) is 9.85. The first-order chi connectivity index (χ1) is 19.3. The standard InChI is InChI=1S/C31H32N6O3/c1-19-10-13-24(35-30(38)23-11-14-25(40-4)15-12-23)16-27(19)36-29-28-20(2)26(17-37(28)33-18-32-29)31(39)34-21(3)22-8-6-5-7-9-22/h5-16,18,21,26H,17H2,1-4H3,(H,34,39)(H,35,38)(H,32,33,36)/t21-,26?/m0/s1. The Balaban J connectivity index is 1.31. The van der Waals surface area contributed by atoms with Gasteiger partial charge in [-0.15, -0.1) is 0 Å². The van der Waals surface area contributed by atoms with E-state index >= 15 is 0 Å². The van der Waals surface area contributed by atoms with Crippen LogP contribution in [0.3, 0.4) is 0 Å². The van der Waals surface area contributed by atoms with Crippen LogP contribution >= 0.6 is 0 Å². The number of hydrazone groups is 1. The number of rotatable bonds is 7. The summed E-state index contributed by atoms with van der Waals surface area (Å²) in [5.74, 6) is 0.648. The third-order valence-corrected chi connectivity index (χ3v) is 7.19. The lowest BCUT2D eigenvalue weighted by molar-refractivity contribution is -0.124. The number of ether oxygens (including phenoxy) is 1. The van der Waals surface area contributed by atoms with Crippen LogP contribution in [0.5, 0.6) is 5.75 Å². The van der Waals surface area contributed by atoms with Crippen LogP contribution in [0.1, 0.15) is 41.4 Å². The second kappa shape index (κ2) is 11.4. The molecule has 2 amide bonds. The summed E-state index contributed by atoms with van der Waals surface area (Å²) in [4.78, 5) is 30.6. The topological polar surface area (TPSA) is 107 Å². The number of carbonyl (C=O) groups excluding carboxylic acids is 2. The molecule has 204 valence electrons. The number of nitrogens with zero attached hydrogens (tertiary/aromatic N) is 3. The van der Waals surface area contributed by atoms with E-state index < -0.39 is 0 Å². The minimum Gasteiger partial charge on any atom is -0.497 e. The normalized spacial score (nSPS) is 16.6. The van der Waals surface area contributed by atoms with E-state index in [9.17, 15) is 9.59 Å². The lowest BCUT2D eigenvalue weighted by Crippen LogP contribution is -2.35. The average Bonchev–Trinajstić information content (AvgIpc) is 3.32. The van der Waals surface area contributed by atoms with Crippen LogP contribution in [0.15, 0.2) is 94.2 Å². The number of amides is 2. The summed E-state index contributed by atoms with van der Waals surface area (Å²) in [6, 6.07) is 22.4. The molecule has 3 N–H and O–H groups in total. The Hall–Kier alpha value is -4.92. The van der Waals surface area contributed by atoms with Gasteiger partial charge in [-0.25, -0.2) is 4.99 Å². The van der Waals surface area contributed by atoms with Gasteiger partial charge < -0.3 is 20.7 Å². The molecule has 2 heterocycles. The first kappa shape index (κ1) is 26.7. The van der Waals surface area contributed by atoms with Crippen LogP contribution in [0.4, 0.5) is 11.4 Å². The van der Waals surface area contributed by atoms with Crippen molar-refractivity contribution < 1.29 is 14.3 Å². The highest BCUT2D eigenvalue weighted by atomic mass is 16.5. The monoisotopic (exact) mass is 536 g/mol. The van der Waals surface area contributed by atoms with Crippen molar-refractivity contribution in [2.45, 2.75) is 26.8 Å². The van der Waals surface area contributed by atoms with Crippen molar-refractivity contribution in [3.05, 3.63) is 101 Å². The zero-order chi connectivity index (χ0) is 28.2. The van der Waals surface area contributed by atoms with Crippen LogP contribution in [0, 0.1) is 12.8 Å². The van der Waals surface area contributed by atoms with Crippen LogP contribution in [0.2, 0.25) is 0 Å². The fourth-order valence-electron chi connectivity index (χ4n) is 4.81. The lowest BCUT2D eigenvalue weighted by Gasteiger charge is -2.23. The van der Waals surface area contributed by atoms with Crippen molar-refractivity contribution in [3.8, 4) is 5.75 Å². The number of fused-ring (bicyclic) bond motifs is 1. The number of methoxy groups -OCH3 is 1. The molecular formula is C31H32N6O3. The second-order valence-electron chi connectivity index (χ2n) is 9.85. The van der Waals surface area contributed by atoms with E-state index in [-0.39, 0.29) is 23.8 Å². The summed E-state index contributed by atoms with van der Waals surface area (Å²) in [5, 5.41) is 15.7. The zero-order valence-corrected chi connectivity index (χ0v) is 22.9. The van der Waals surface area contributed by atoms with Crippen LogP contribution in [-0.2, 0) is 4.79 Å². The maximum atomic E-state index is 13.3. The molecular weight excluding hydrogens is 504 g/mol. The first-order valence-corrected chi connectivity index (χ1v) is 13.1. The molecule has 0 saturated heterocycles. The average molecular weight is 537 g/mol. The molecule has 0 spiro atoms. The van der Waals surface area contributed by atoms with E-state index in [1.807, 2.05) is 74.3 Å². The van der Waals surface area contributed by atoms with Gasteiger partial charge in [0.15, 0.2) is 5.84 Å². The van der Waals surface area contributed by atoms with Crippen molar-refractivity contribution in [1.29, 1.82) is 0 Å². The van der Waals surface area contributed by atoms with Crippen LogP contribution in [-0.4, -0.2) is 42.7 Å². The lowest BCUT2D eigenvalue weighted by atomic mass is 10.00. The van der Waals surface area contributed by atoms with Gasteiger partial charge in [-0.3, -0.25) is 14.6 Å². The van der Waals surface area contributed by atoms with E-state index in [1.165, 1.54) is 6.34 Å². The summed E-state index contributed by atoms with van der Waals surface area (Å²) < 4.78 is 5.17. The molecule has 9 nitrogen and oxygen atoms in total. The van der Waals surface area contributed by atoms with Crippen LogP contribution < -0.4 is 20.7 Å². The van der Waals surface area contributed by atoms with Gasteiger partial charge in [-0.2, -0.15) is 5.10 Å². The highest BCUT2D eigenvalue weighted by Crippen LogP contribution is 2.33. The molecule has 1 unspecified atom stereocenters. The minimum atomic E-state index is -0.361. The summed E-state index contributed by atoms with van der Waals surface area (Å²) in [6.45, 7) is 6.34. The molecule has 0 saturated carbocycles. The highest BCUT2D eigenvalue weighted by Gasteiger charge is 2.37. The van der Waals surface area contributed by atoms with Gasteiger partial charge in [-0.1, -0.05) is 36.4 Å². The number of aliphatic imine (C=N–C) groups is 1.